The molecule has 1 atom stereocenters. The molecule has 3 aromatic rings. The van der Waals surface area contributed by atoms with Crippen molar-refractivity contribution in [3.8, 4) is 5.75 Å². The maximum absolute atomic E-state index is 12.2. The lowest BCUT2D eigenvalue weighted by molar-refractivity contribution is -0.123. The molecule has 1 unspecified atom stereocenters. The van der Waals surface area contributed by atoms with Crippen LogP contribution in [0.3, 0.4) is 0 Å². The first-order valence-corrected chi connectivity index (χ1v) is 8.76. The van der Waals surface area contributed by atoms with Crippen molar-refractivity contribution in [2.24, 2.45) is 0 Å². The molecule has 0 radical (unpaired) electrons. The SMILES string of the molecule is Cc1ccc2[nH]c3c(c2c1)CC(NC(=O)COc1ccccc1)CC3. The molecule has 1 amide bonds. The molecular formula is C21H22N2O2. The lowest BCUT2D eigenvalue weighted by Gasteiger charge is -2.23. The molecule has 0 saturated heterocycles. The number of aryl methyl sites for hydroxylation is 2. The van der Waals surface area contributed by atoms with Crippen LogP contribution >= 0.6 is 0 Å². The highest BCUT2D eigenvalue weighted by molar-refractivity contribution is 5.86. The van der Waals surface area contributed by atoms with Crippen LogP contribution in [0.2, 0.25) is 0 Å². The molecule has 0 aliphatic heterocycles. The van der Waals surface area contributed by atoms with E-state index in [-0.39, 0.29) is 18.6 Å². The summed E-state index contributed by atoms with van der Waals surface area (Å²) in [4.78, 5) is 15.7. The lowest BCUT2D eigenvalue weighted by atomic mass is 9.91. The van der Waals surface area contributed by atoms with Crippen molar-refractivity contribution < 1.29 is 9.53 Å². The van der Waals surface area contributed by atoms with Gasteiger partial charge in [0.2, 0.25) is 0 Å². The number of rotatable bonds is 4. The Morgan fingerprint density at radius 1 is 1.24 bits per heavy atom. The van der Waals surface area contributed by atoms with Gasteiger partial charge in [-0.1, -0.05) is 29.8 Å². The Hall–Kier alpha value is -2.75. The number of hydrogen-bond donors (Lipinski definition) is 2. The minimum absolute atomic E-state index is 0.0559. The van der Waals surface area contributed by atoms with Gasteiger partial charge in [0, 0.05) is 22.6 Å². The van der Waals surface area contributed by atoms with Crippen LogP contribution in [-0.4, -0.2) is 23.5 Å². The number of hydrogen-bond acceptors (Lipinski definition) is 2. The fourth-order valence-electron chi connectivity index (χ4n) is 3.59. The van der Waals surface area contributed by atoms with Gasteiger partial charge in [-0.15, -0.1) is 0 Å². The van der Waals surface area contributed by atoms with Crippen LogP contribution in [0.25, 0.3) is 10.9 Å². The molecule has 1 heterocycles. The van der Waals surface area contributed by atoms with Crippen molar-refractivity contribution in [3.05, 3.63) is 65.4 Å². The van der Waals surface area contributed by atoms with E-state index in [0.29, 0.717) is 0 Å². The molecule has 4 rings (SSSR count). The first-order chi connectivity index (χ1) is 12.2. The van der Waals surface area contributed by atoms with E-state index in [4.69, 9.17) is 4.74 Å². The van der Waals surface area contributed by atoms with Crippen molar-refractivity contribution in [2.45, 2.75) is 32.2 Å². The number of fused-ring (bicyclic) bond motifs is 3. The molecule has 0 fully saturated rings. The summed E-state index contributed by atoms with van der Waals surface area (Å²) in [6.45, 7) is 2.17. The predicted molar refractivity (Wildman–Crippen MR) is 98.9 cm³/mol. The fourth-order valence-corrected chi connectivity index (χ4v) is 3.59. The molecule has 1 aliphatic rings. The summed E-state index contributed by atoms with van der Waals surface area (Å²) in [5.41, 5.74) is 5.11. The van der Waals surface area contributed by atoms with E-state index in [9.17, 15) is 4.79 Å². The Labute approximate surface area is 147 Å². The summed E-state index contributed by atoms with van der Waals surface area (Å²) in [5, 5.41) is 4.41. The number of H-pyrrole nitrogens is 1. The van der Waals surface area contributed by atoms with Gasteiger partial charge in [0.15, 0.2) is 6.61 Å². The van der Waals surface area contributed by atoms with Crippen molar-refractivity contribution in [3.63, 3.8) is 0 Å². The largest absolute Gasteiger partial charge is 0.484 e. The summed E-state index contributed by atoms with van der Waals surface area (Å²) < 4.78 is 5.53. The maximum Gasteiger partial charge on any atom is 0.258 e. The Bertz CT molecular complexity index is 899. The number of amides is 1. The molecule has 2 aromatic carbocycles. The van der Waals surface area contributed by atoms with Crippen molar-refractivity contribution in [1.82, 2.24) is 10.3 Å². The average Bonchev–Trinajstić information content (AvgIpc) is 2.98. The minimum Gasteiger partial charge on any atom is -0.484 e. The number of carbonyl (C=O) groups is 1. The van der Waals surface area contributed by atoms with Crippen LogP contribution in [0.5, 0.6) is 5.75 Å². The van der Waals surface area contributed by atoms with E-state index in [2.05, 4.69) is 35.4 Å². The monoisotopic (exact) mass is 334 g/mol. The zero-order valence-corrected chi connectivity index (χ0v) is 14.3. The van der Waals surface area contributed by atoms with Gasteiger partial charge in [-0.05, 0) is 56.0 Å². The van der Waals surface area contributed by atoms with Gasteiger partial charge in [-0.25, -0.2) is 0 Å². The van der Waals surface area contributed by atoms with Crippen molar-refractivity contribution in [1.29, 1.82) is 0 Å². The number of para-hydroxylation sites is 1. The fraction of sp³-hybridized carbons (Fsp3) is 0.286. The highest BCUT2D eigenvalue weighted by Gasteiger charge is 2.23. The smallest absolute Gasteiger partial charge is 0.258 e. The molecule has 2 N–H and O–H groups in total. The van der Waals surface area contributed by atoms with E-state index in [0.717, 1.165) is 25.0 Å². The number of benzene rings is 2. The van der Waals surface area contributed by atoms with Crippen LogP contribution in [0, 0.1) is 6.92 Å². The molecule has 0 bridgehead atoms. The van der Waals surface area contributed by atoms with Gasteiger partial charge in [0.25, 0.3) is 5.91 Å². The molecule has 128 valence electrons. The Kier molecular flexibility index (Phi) is 4.18. The predicted octanol–water partition coefficient (Wildman–Crippen LogP) is 3.53. The van der Waals surface area contributed by atoms with Gasteiger partial charge in [0.1, 0.15) is 5.75 Å². The van der Waals surface area contributed by atoms with E-state index in [1.165, 1.54) is 27.7 Å². The molecule has 1 aromatic heterocycles. The quantitative estimate of drug-likeness (QED) is 0.767. The molecule has 4 nitrogen and oxygen atoms in total. The van der Waals surface area contributed by atoms with E-state index >= 15 is 0 Å². The third kappa shape index (κ3) is 3.38. The highest BCUT2D eigenvalue weighted by atomic mass is 16.5. The summed E-state index contributed by atoms with van der Waals surface area (Å²) in [6.07, 6.45) is 2.79. The number of ether oxygens (including phenoxy) is 1. The molecule has 4 heteroatoms. The Balaban J connectivity index is 1.41. The average molecular weight is 334 g/mol. The second kappa shape index (κ2) is 6.63. The number of carbonyl (C=O) groups excluding carboxylic acids is 1. The first kappa shape index (κ1) is 15.8. The molecule has 1 aliphatic carbocycles. The summed E-state index contributed by atoms with van der Waals surface area (Å²) in [5.74, 6) is 0.656. The van der Waals surface area contributed by atoms with Crippen molar-refractivity contribution >= 4 is 16.8 Å². The summed E-state index contributed by atoms with van der Waals surface area (Å²) in [7, 11) is 0. The van der Waals surface area contributed by atoms with Crippen LogP contribution < -0.4 is 10.1 Å². The van der Waals surface area contributed by atoms with Gasteiger partial charge in [0.05, 0.1) is 0 Å². The van der Waals surface area contributed by atoms with Crippen LogP contribution in [0.15, 0.2) is 48.5 Å². The zero-order chi connectivity index (χ0) is 17.2. The minimum atomic E-state index is -0.0617. The number of aromatic nitrogens is 1. The number of aromatic amines is 1. The van der Waals surface area contributed by atoms with Gasteiger partial charge >= 0.3 is 0 Å². The second-order valence-electron chi connectivity index (χ2n) is 6.74. The molecule has 0 saturated carbocycles. The maximum atomic E-state index is 12.2. The second-order valence-corrected chi connectivity index (χ2v) is 6.74. The van der Waals surface area contributed by atoms with Crippen LogP contribution in [-0.2, 0) is 17.6 Å². The standard InChI is InChI=1S/C21H22N2O2/c1-14-7-9-19-17(11-14)18-12-15(8-10-20(18)23-19)22-21(24)13-25-16-5-3-2-4-6-16/h2-7,9,11,15,23H,8,10,12-13H2,1H3,(H,22,24). The Morgan fingerprint density at radius 3 is 2.92 bits per heavy atom. The highest BCUT2D eigenvalue weighted by Crippen LogP contribution is 2.29. The third-order valence-corrected chi connectivity index (χ3v) is 4.82. The van der Waals surface area contributed by atoms with Gasteiger partial charge < -0.3 is 15.0 Å². The lowest BCUT2D eigenvalue weighted by Crippen LogP contribution is -2.41. The first-order valence-electron chi connectivity index (χ1n) is 8.76. The normalized spacial score (nSPS) is 16.4. The van der Waals surface area contributed by atoms with Crippen LogP contribution in [0.4, 0.5) is 0 Å². The van der Waals surface area contributed by atoms with E-state index < -0.39 is 0 Å². The third-order valence-electron chi connectivity index (χ3n) is 4.82. The van der Waals surface area contributed by atoms with Gasteiger partial charge in [-0.2, -0.15) is 0 Å². The Morgan fingerprint density at radius 2 is 2.08 bits per heavy atom. The van der Waals surface area contributed by atoms with Crippen molar-refractivity contribution in [2.75, 3.05) is 6.61 Å². The van der Waals surface area contributed by atoms with Crippen LogP contribution in [0.1, 0.15) is 23.2 Å². The molecule has 0 spiro atoms. The van der Waals surface area contributed by atoms with Gasteiger partial charge in [-0.3, -0.25) is 4.79 Å². The summed E-state index contributed by atoms with van der Waals surface area (Å²) >= 11 is 0. The van der Waals surface area contributed by atoms with E-state index in [1.54, 1.807) is 0 Å². The van der Waals surface area contributed by atoms with E-state index in [1.807, 2.05) is 30.3 Å². The topological polar surface area (TPSA) is 54.1 Å². The number of nitrogens with one attached hydrogen (secondary N) is 2. The summed E-state index contributed by atoms with van der Waals surface area (Å²) in [6, 6.07) is 16.1. The molecule has 25 heavy (non-hydrogen) atoms. The zero-order valence-electron chi connectivity index (χ0n) is 14.3. The molecular weight excluding hydrogens is 312 g/mol.